The van der Waals surface area contributed by atoms with Gasteiger partial charge in [-0.25, -0.2) is 0 Å². The number of rotatable bonds is 8. The molecule has 1 rings (SSSR count). The second-order valence-corrected chi connectivity index (χ2v) is 6.44. The van der Waals surface area contributed by atoms with E-state index in [0.717, 1.165) is 11.8 Å². The molecule has 7 heteroatoms. The lowest BCUT2D eigenvalue weighted by Crippen LogP contribution is -2.23. The van der Waals surface area contributed by atoms with Gasteiger partial charge in [-0.15, -0.1) is 10.2 Å². The predicted octanol–water partition coefficient (Wildman–Crippen LogP) is 1.88. The average molecular weight is 301 g/mol. The van der Waals surface area contributed by atoms with Crippen LogP contribution in [-0.4, -0.2) is 36.7 Å². The summed E-state index contributed by atoms with van der Waals surface area (Å²) in [6.07, 6.45) is 0. The monoisotopic (exact) mass is 301 g/mol. The molecule has 20 heavy (non-hydrogen) atoms. The van der Waals surface area contributed by atoms with Crippen LogP contribution in [0.3, 0.4) is 0 Å². The zero-order valence-electron chi connectivity index (χ0n) is 12.4. The van der Waals surface area contributed by atoms with Crippen molar-refractivity contribution >= 4 is 17.7 Å². The molecule has 0 aliphatic rings. The number of aliphatic hydroxyl groups excluding tert-OH is 1. The Bertz CT molecular complexity index is 438. The number of aliphatic carboxylic acids is 1. The average Bonchev–Trinajstić information content (AvgIpc) is 2.74. The van der Waals surface area contributed by atoms with Crippen LogP contribution in [0.2, 0.25) is 0 Å². The summed E-state index contributed by atoms with van der Waals surface area (Å²) in [4.78, 5) is 10.7. The van der Waals surface area contributed by atoms with Crippen molar-refractivity contribution < 1.29 is 15.0 Å². The van der Waals surface area contributed by atoms with Gasteiger partial charge in [0.15, 0.2) is 11.0 Å². The summed E-state index contributed by atoms with van der Waals surface area (Å²) in [5.41, 5.74) is 0. The predicted molar refractivity (Wildman–Crippen MR) is 77.5 cm³/mol. The van der Waals surface area contributed by atoms with E-state index in [2.05, 4.69) is 37.9 Å². The number of hydrogen-bond acceptors (Lipinski definition) is 5. The van der Waals surface area contributed by atoms with Crippen LogP contribution in [0.15, 0.2) is 5.16 Å². The van der Waals surface area contributed by atoms with Gasteiger partial charge >= 0.3 is 5.97 Å². The highest BCUT2D eigenvalue weighted by atomic mass is 32.2. The Morgan fingerprint density at radius 1 is 1.25 bits per heavy atom. The molecule has 0 amide bonds. The van der Waals surface area contributed by atoms with Gasteiger partial charge in [-0.05, 0) is 17.8 Å². The minimum atomic E-state index is -0.889. The summed E-state index contributed by atoms with van der Waals surface area (Å²) >= 11 is 1.14. The molecule has 1 aromatic heterocycles. The molecule has 0 spiro atoms. The molecule has 0 aliphatic carbocycles. The minimum absolute atomic E-state index is 0.0580. The van der Waals surface area contributed by atoms with Gasteiger partial charge in [0.25, 0.3) is 0 Å². The summed E-state index contributed by atoms with van der Waals surface area (Å²) in [6, 6.07) is 0. The molecule has 0 saturated carbocycles. The zero-order chi connectivity index (χ0) is 15.3. The number of nitrogens with zero attached hydrogens (tertiary/aromatic N) is 3. The third-order valence-corrected chi connectivity index (χ3v) is 4.32. The highest BCUT2D eigenvalue weighted by Crippen LogP contribution is 2.26. The largest absolute Gasteiger partial charge is 0.481 e. The maximum atomic E-state index is 10.7. The molecule has 0 bridgehead atoms. The van der Waals surface area contributed by atoms with Gasteiger partial charge in [0.1, 0.15) is 6.61 Å². The van der Waals surface area contributed by atoms with E-state index in [0.29, 0.717) is 35.3 Å². The first-order valence-corrected chi connectivity index (χ1v) is 7.72. The van der Waals surface area contributed by atoms with Crippen LogP contribution in [0, 0.1) is 17.8 Å². The van der Waals surface area contributed by atoms with Crippen LogP contribution in [0.4, 0.5) is 0 Å². The lowest BCUT2D eigenvalue weighted by atomic mass is 9.85. The van der Waals surface area contributed by atoms with Crippen LogP contribution < -0.4 is 0 Å². The van der Waals surface area contributed by atoms with E-state index in [4.69, 9.17) is 5.11 Å². The van der Waals surface area contributed by atoms with E-state index in [-0.39, 0.29) is 12.4 Å². The summed E-state index contributed by atoms with van der Waals surface area (Å²) in [5, 5.41) is 26.6. The van der Waals surface area contributed by atoms with Crippen molar-refractivity contribution in [2.45, 2.75) is 46.0 Å². The first-order chi connectivity index (χ1) is 9.36. The molecule has 0 unspecified atom stereocenters. The fourth-order valence-electron chi connectivity index (χ4n) is 2.25. The topological polar surface area (TPSA) is 88.2 Å². The van der Waals surface area contributed by atoms with Crippen molar-refractivity contribution in [2.75, 3.05) is 5.75 Å². The van der Waals surface area contributed by atoms with Gasteiger partial charge in [0.2, 0.25) is 0 Å². The van der Waals surface area contributed by atoms with Gasteiger partial charge in [-0.2, -0.15) is 0 Å². The molecule has 0 aliphatic heterocycles. The third kappa shape index (κ3) is 4.49. The lowest BCUT2D eigenvalue weighted by Gasteiger charge is -2.26. The Labute approximate surface area is 123 Å². The normalized spacial score (nSPS) is 11.8. The van der Waals surface area contributed by atoms with Crippen LogP contribution >= 0.6 is 11.8 Å². The van der Waals surface area contributed by atoms with Crippen molar-refractivity contribution in [1.82, 2.24) is 14.8 Å². The number of thioether (sulfide) groups is 1. The Morgan fingerprint density at radius 2 is 1.85 bits per heavy atom. The molecule has 0 saturated heterocycles. The number of carboxylic acids is 1. The van der Waals surface area contributed by atoms with Crippen LogP contribution in [0.25, 0.3) is 0 Å². The standard InChI is InChI=1S/C13H23N3O3S/c1-8(2)10(9(3)4)5-16-11(6-17)14-15-13(16)20-7-12(18)19/h8-10,17H,5-7H2,1-4H3,(H,18,19). The first kappa shape index (κ1) is 17.0. The molecule has 1 aromatic rings. The van der Waals surface area contributed by atoms with E-state index in [1.165, 1.54) is 0 Å². The van der Waals surface area contributed by atoms with E-state index >= 15 is 0 Å². The smallest absolute Gasteiger partial charge is 0.313 e. The van der Waals surface area contributed by atoms with Crippen molar-refractivity contribution in [1.29, 1.82) is 0 Å². The molecule has 1 heterocycles. The Balaban J connectivity index is 2.95. The quantitative estimate of drug-likeness (QED) is 0.713. The molecule has 0 fully saturated rings. The van der Waals surface area contributed by atoms with Gasteiger partial charge < -0.3 is 14.8 Å². The number of hydrogen-bond donors (Lipinski definition) is 2. The lowest BCUT2D eigenvalue weighted by molar-refractivity contribution is -0.133. The molecular weight excluding hydrogens is 278 g/mol. The van der Waals surface area contributed by atoms with E-state index in [1.807, 2.05) is 4.57 Å². The highest BCUT2D eigenvalue weighted by molar-refractivity contribution is 7.99. The van der Waals surface area contributed by atoms with Crippen LogP contribution in [0.1, 0.15) is 33.5 Å². The summed E-state index contributed by atoms with van der Waals surface area (Å²) in [7, 11) is 0. The van der Waals surface area contributed by atoms with E-state index in [9.17, 15) is 9.90 Å². The Kier molecular flexibility index (Phi) is 6.48. The van der Waals surface area contributed by atoms with Crippen molar-refractivity contribution in [3.8, 4) is 0 Å². The third-order valence-electron chi connectivity index (χ3n) is 3.37. The second kappa shape index (κ2) is 7.64. The molecule has 2 N–H and O–H groups in total. The fourth-order valence-corrected chi connectivity index (χ4v) is 2.94. The fraction of sp³-hybridized carbons (Fsp3) is 0.769. The molecule has 0 aromatic carbocycles. The van der Waals surface area contributed by atoms with Crippen molar-refractivity contribution in [3.05, 3.63) is 5.82 Å². The summed E-state index contributed by atoms with van der Waals surface area (Å²) < 4.78 is 1.85. The van der Waals surface area contributed by atoms with Gasteiger partial charge in [0, 0.05) is 6.54 Å². The zero-order valence-corrected chi connectivity index (χ0v) is 13.2. The van der Waals surface area contributed by atoms with Gasteiger partial charge in [-0.1, -0.05) is 39.5 Å². The molecule has 0 atom stereocenters. The molecular formula is C13H23N3O3S. The number of aliphatic hydroxyl groups is 1. The number of aromatic nitrogens is 3. The molecule has 0 radical (unpaired) electrons. The second-order valence-electron chi connectivity index (χ2n) is 5.50. The van der Waals surface area contributed by atoms with Crippen molar-refractivity contribution in [3.63, 3.8) is 0 Å². The minimum Gasteiger partial charge on any atom is -0.481 e. The Hall–Kier alpha value is -1.08. The number of carboxylic acid groups (broad SMARTS) is 1. The number of carbonyl (C=O) groups is 1. The van der Waals surface area contributed by atoms with Crippen LogP contribution in [0.5, 0.6) is 0 Å². The van der Waals surface area contributed by atoms with E-state index in [1.54, 1.807) is 0 Å². The van der Waals surface area contributed by atoms with Gasteiger partial charge in [0.05, 0.1) is 5.75 Å². The first-order valence-electron chi connectivity index (χ1n) is 6.74. The van der Waals surface area contributed by atoms with Crippen molar-refractivity contribution in [2.24, 2.45) is 17.8 Å². The molecule has 6 nitrogen and oxygen atoms in total. The Morgan fingerprint density at radius 3 is 2.30 bits per heavy atom. The maximum absolute atomic E-state index is 10.7. The maximum Gasteiger partial charge on any atom is 0.313 e. The SMILES string of the molecule is CC(C)C(Cn1c(CO)nnc1SCC(=O)O)C(C)C. The highest BCUT2D eigenvalue weighted by Gasteiger charge is 2.22. The summed E-state index contributed by atoms with van der Waals surface area (Å²) in [5.74, 6) is 0.934. The van der Waals surface area contributed by atoms with Gasteiger partial charge in [-0.3, -0.25) is 4.79 Å². The summed E-state index contributed by atoms with van der Waals surface area (Å²) in [6.45, 7) is 9.16. The molecule has 114 valence electrons. The van der Waals surface area contributed by atoms with E-state index < -0.39 is 5.97 Å². The van der Waals surface area contributed by atoms with Crippen LogP contribution in [-0.2, 0) is 17.9 Å².